The van der Waals surface area contributed by atoms with Gasteiger partial charge in [-0.15, -0.1) is 0 Å². The van der Waals surface area contributed by atoms with Gasteiger partial charge in [-0.3, -0.25) is 4.68 Å². The summed E-state index contributed by atoms with van der Waals surface area (Å²) >= 11 is 0. The van der Waals surface area contributed by atoms with Crippen molar-refractivity contribution in [2.75, 3.05) is 5.75 Å². The zero-order valence-electron chi connectivity index (χ0n) is 16.1. The molecule has 2 heterocycles. The maximum absolute atomic E-state index is 12.5. The Morgan fingerprint density at radius 1 is 1.03 bits per heavy atom. The predicted molar refractivity (Wildman–Crippen MR) is 109 cm³/mol. The first-order chi connectivity index (χ1) is 13.9. The van der Waals surface area contributed by atoms with Crippen LogP contribution in [0.4, 0.5) is 0 Å². The SMILES string of the molecule is Cc1ccc(S(=O)(=O)CCc2nc(-c3cccc(-c4ccnn4C)c3)no2)cc1. The molecule has 29 heavy (non-hydrogen) atoms. The third-order valence-electron chi connectivity index (χ3n) is 4.67. The number of benzene rings is 2. The average molecular weight is 408 g/mol. The lowest BCUT2D eigenvalue weighted by Gasteiger charge is -2.03. The van der Waals surface area contributed by atoms with Gasteiger partial charge in [-0.2, -0.15) is 10.1 Å². The van der Waals surface area contributed by atoms with Gasteiger partial charge in [0.1, 0.15) is 0 Å². The molecule has 0 spiro atoms. The molecule has 0 saturated heterocycles. The van der Waals surface area contributed by atoms with E-state index in [0.717, 1.165) is 22.4 Å². The van der Waals surface area contributed by atoms with E-state index in [1.165, 1.54) is 0 Å². The third-order valence-corrected chi connectivity index (χ3v) is 6.40. The minimum atomic E-state index is -3.41. The predicted octanol–water partition coefficient (Wildman–Crippen LogP) is 3.46. The zero-order valence-corrected chi connectivity index (χ0v) is 16.9. The Labute approximate surface area is 168 Å². The van der Waals surface area contributed by atoms with Crippen LogP contribution in [0, 0.1) is 6.92 Å². The van der Waals surface area contributed by atoms with Crippen molar-refractivity contribution in [3.8, 4) is 22.6 Å². The Balaban J connectivity index is 1.50. The summed E-state index contributed by atoms with van der Waals surface area (Å²) in [5.74, 6) is 0.630. The van der Waals surface area contributed by atoms with Gasteiger partial charge in [0.2, 0.25) is 11.7 Å². The topological polar surface area (TPSA) is 90.9 Å². The van der Waals surface area contributed by atoms with E-state index >= 15 is 0 Å². The summed E-state index contributed by atoms with van der Waals surface area (Å²) in [6.07, 6.45) is 1.90. The lowest BCUT2D eigenvalue weighted by Crippen LogP contribution is -2.09. The Bertz CT molecular complexity index is 1240. The number of rotatable bonds is 6. The van der Waals surface area contributed by atoms with Gasteiger partial charge in [-0.25, -0.2) is 8.42 Å². The zero-order chi connectivity index (χ0) is 20.4. The van der Waals surface area contributed by atoms with Gasteiger partial charge in [-0.05, 0) is 31.2 Å². The largest absolute Gasteiger partial charge is 0.339 e. The fourth-order valence-electron chi connectivity index (χ4n) is 3.03. The molecule has 0 amide bonds. The summed E-state index contributed by atoms with van der Waals surface area (Å²) in [5, 5.41) is 8.20. The van der Waals surface area contributed by atoms with Crippen LogP contribution >= 0.6 is 0 Å². The van der Waals surface area contributed by atoms with Crippen LogP contribution < -0.4 is 0 Å². The third kappa shape index (κ3) is 4.12. The lowest BCUT2D eigenvalue weighted by molar-refractivity contribution is 0.382. The second-order valence-corrected chi connectivity index (χ2v) is 8.92. The van der Waals surface area contributed by atoms with E-state index in [4.69, 9.17) is 4.52 Å². The van der Waals surface area contributed by atoms with Gasteiger partial charge in [0, 0.05) is 30.8 Å². The highest BCUT2D eigenvalue weighted by Crippen LogP contribution is 2.24. The van der Waals surface area contributed by atoms with Crippen LogP contribution in [0.25, 0.3) is 22.6 Å². The average Bonchev–Trinajstić information content (AvgIpc) is 3.36. The minimum absolute atomic E-state index is 0.0905. The molecule has 0 aliphatic carbocycles. The molecule has 0 unspecified atom stereocenters. The molecule has 4 aromatic rings. The summed E-state index contributed by atoms with van der Waals surface area (Å²) in [7, 11) is -1.53. The molecular weight excluding hydrogens is 388 g/mol. The molecular formula is C21H20N4O3S. The lowest BCUT2D eigenvalue weighted by atomic mass is 10.1. The molecule has 8 heteroatoms. The molecule has 0 aliphatic rings. The van der Waals surface area contributed by atoms with E-state index in [-0.39, 0.29) is 12.2 Å². The molecule has 0 atom stereocenters. The smallest absolute Gasteiger partial charge is 0.227 e. The van der Waals surface area contributed by atoms with E-state index < -0.39 is 9.84 Å². The number of sulfone groups is 1. The van der Waals surface area contributed by atoms with Gasteiger partial charge in [0.15, 0.2) is 9.84 Å². The van der Waals surface area contributed by atoms with E-state index in [9.17, 15) is 8.42 Å². The Hall–Kier alpha value is -3.26. The fourth-order valence-corrected chi connectivity index (χ4v) is 4.26. The number of nitrogens with zero attached hydrogens (tertiary/aromatic N) is 4. The number of aryl methyl sites for hydroxylation is 3. The quantitative estimate of drug-likeness (QED) is 0.485. The normalized spacial score (nSPS) is 11.7. The van der Waals surface area contributed by atoms with Crippen LogP contribution in [0.3, 0.4) is 0 Å². The van der Waals surface area contributed by atoms with Crippen molar-refractivity contribution in [3.05, 3.63) is 72.2 Å². The van der Waals surface area contributed by atoms with Crippen molar-refractivity contribution in [2.24, 2.45) is 7.05 Å². The number of hydrogen-bond acceptors (Lipinski definition) is 6. The monoisotopic (exact) mass is 408 g/mol. The standard InChI is InChI=1S/C21H20N4O3S/c1-15-6-8-18(9-7-15)29(26,27)13-11-20-23-21(24-28-20)17-5-3-4-16(14-17)19-10-12-22-25(19)2/h3-10,12,14H,11,13H2,1-2H3. The van der Waals surface area contributed by atoms with Gasteiger partial charge in [0.25, 0.3) is 0 Å². The minimum Gasteiger partial charge on any atom is -0.339 e. The molecule has 0 saturated carbocycles. The maximum Gasteiger partial charge on any atom is 0.227 e. The Morgan fingerprint density at radius 2 is 1.79 bits per heavy atom. The molecule has 0 bridgehead atoms. The molecule has 2 aromatic carbocycles. The van der Waals surface area contributed by atoms with E-state index in [1.54, 1.807) is 35.1 Å². The highest BCUT2D eigenvalue weighted by atomic mass is 32.2. The van der Waals surface area contributed by atoms with Crippen LogP contribution in [0.1, 0.15) is 11.5 Å². The molecule has 0 aliphatic heterocycles. The van der Waals surface area contributed by atoms with Crippen molar-refractivity contribution in [1.29, 1.82) is 0 Å². The van der Waals surface area contributed by atoms with Crippen molar-refractivity contribution in [2.45, 2.75) is 18.2 Å². The van der Waals surface area contributed by atoms with Crippen molar-refractivity contribution < 1.29 is 12.9 Å². The molecule has 0 radical (unpaired) electrons. The van der Waals surface area contributed by atoms with Crippen molar-refractivity contribution in [1.82, 2.24) is 19.9 Å². The second-order valence-electron chi connectivity index (χ2n) is 6.81. The first kappa shape index (κ1) is 19.1. The molecule has 148 valence electrons. The number of hydrogen-bond donors (Lipinski definition) is 0. The summed E-state index contributed by atoms with van der Waals surface area (Å²) in [6.45, 7) is 1.92. The van der Waals surface area contributed by atoms with Crippen LogP contribution in [0.2, 0.25) is 0 Å². The van der Waals surface area contributed by atoms with Crippen LogP contribution in [-0.2, 0) is 23.3 Å². The van der Waals surface area contributed by atoms with Gasteiger partial charge in [-0.1, -0.05) is 41.1 Å². The Morgan fingerprint density at radius 3 is 2.52 bits per heavy atom. The molecule has 4 rings (SSSR count). The summed E-state index contributed by atoms with van der Waals surface area (Å²) in [6, 6.07) is 16.5. The number of aromatic nitrogens is 4. The Kier molecular flexibility index (Phi) is 5.02. The molecule has 2 aromatic heterocycles. The molecule has 0 N–H and O–H groups in total. The van der Waals surface area contributed by atoms with Crippen LogP contribution in [0.15, 0.2) is 70.2 Å². The van der Waals surface area contributed by atoms with E-state index in [1.807, 2.05) is 44.3 Å². The summed E-state index contributed by atoms with van der Waals surface area (Å²) < 4.78 is 32.1. The van der Waals surface area contributed by atoms with Crippen molar-refractivity contribution in [3.63, 3.8) is 0 Å². The summed E-state index contributed by atoms with van der Waals surface area (Å²) in [4.78, 5) is 4.67. The van der Waals surface area contributed by atoms with Gasteiger partial charge in [0.05, 0.1) is 16.3 Å². The van der Waals surface area contributed by atoms with E-state index in [0.29, 0.717) is 16.6 Å². The van der Waals surface area contributed by atoms with Gasteiger partial charge >= 0.3 is 0 Å². The fraction of sp³-hybridized carbons (Fsp3) is 0.190. The maximum atomic E-state index is 12.5. The first-order valence-corrected chi connectivity index (χ1v) is 10.8. The molecule has 7 nitrogen and oxygen atoms in total. The van der Waals surface area contributed by atoms with Gasteiger partial charge < -0.3 is 4.52 Å². The highest BCUT2D eigenvalue weighted by molar-refractivity contribution is 7.91. The summed E-state index contributed by atoms with van der Waals surface area (Å²) in [5.41, 5.74) is 3.76. The first-order valence-electron chi connectivity index (χ1n) is 9.13. The van der Waals surface area contributed by atoms with E-state index in [2.05, 4.69) is 15.2 Å². The van der Waals surface area contributed by atoms with Crippen LogP contribution in [0.5, 0.6) is 0 Å². The highest BCUT2D eigenvalue weighted by Gasteiger charge is 2.17. The van der Waals surface area contributed by atoms with Crippen LogP contribution in [-0.4, -0.2) is 34.1 Å². The van der Waals surface area contributed by atoms with Crippen molar-refractivity contribution >= 4 is 9.84 Å². The molecule has 0 fully saturated rings. The second kappa shape index (κ2) is 7.63.